The van der Waals surface area contributed by atoms with E-state index in [2.05, 4.69) is 17.1 Å². The molecular formula is C12H23NOS. The summed E-state index contributed by atoms with van der Waals surface area (Å²) in [5, 5.41) is 3.67. The zero-order valence-corrected chi connectivity index (χ0v) is 10.6. The molecule has 2 rings (SSSR count). The third-order valence-electron chi connectivity index (χ3n) is 3.75. The van der Waals surface area contributed by atoms with E-state index in [0.717, 1.165) is 12.5 Å². The molecule has 1 aliphatic heterocycles. The molecule has 0 amide bonds. The Morgan fingerprint density at radius 3 is 2.93 bits per heavy atom. The SMILES string of the molecule is COCCC1(CNCC2CCSC2)CC1. The lowest BCUT2D eigenvalue weighted by atomic mass is 10.0. The highest BCUT2D eigenvalue weighted by Crippen LogP contribution is 2.48. The maximum atomic E-state index is 5.17. The quantitative estimate of drug-likeness (QED) is 0.723. The lowest BCUT2D eigenvalue weighted by molar-refractivity contribution is 0.171. The minimum atomic E-state index is 0.613. The van der Waals surface area contributed by atoms with Crippen molar-refractivity contribution in [2.24, 2.45) is 11.3 Å². The van der Waals surface area contributed by atoms with Gasteiger partial charge in [0.15, 0.2) is 0 Å². The highest BCUT2D eigenvalue weighted by Gasteiger charge is 2.41. The lowest BCUT2D eigenvalue weighted by Gasteiger charge is -2.17. The third-order valence-corrected chi connectivity index (χ3v) is 4.98. The van der Waals surface area contributed by atoms with E-state index in [1.54, 1.807) is 7.11 Å². The van der Waals surface area contributed by atoms with Crippen LogP contribution in [0.1, 0.15) is 25.7 Å². The molecule has 1 aliphatic carbocycles. The fourth-order valence-corrected chi connectivity index (χ4v) is 3.58. The van der Waals surface area contributed by atoms with Crippen molar-refractivity contribution in [1.82, 2.24) is 5.32 Å². The fraction of sp³-hybridized carbons (Fsp3) is 1.00. The van der Waals surface area contributed by atoms with Crippen LogP contribution >= 0.6 is 11.8 Å². The van der Waals surface area contributed by atoms with Crippen LogP contribution in [-0.4, -0.2) is 38.3 Å². The first-order valence-electron chi connectivity index (χ1n) is 6.12. The number of nitrogens with one attached hydrogen (secondary N) is 1. The molecule has 2 aliphatic rings. The average Bonchev–Trinajstić information content (AvgIpc) is 2.81. The van der Waals surface area contributed by atoms with Gasteiger partial charge in [-0.3, -0.25) is 0 Å². The third kappa shape index (κ3) is 3.65. The van der Waals surface area contributed by atoms with Gasteiger partial charge in [0.25, 0.3) is 0 Å². The fourth-order valence-electron chi connectivity index (χ4n) is 2.30. The topological polar surface area (TPSA) is 21.3 Å². The predicted molar refractivity (Wildman–Crippen MR) is 66.5 cm³/mol. The van der Waals surface area contributed by atoms with Gasteiger partial charge in [-0.05, 0) is 55.1 Å². The average molecular weight is 229 g/mol. The second-order valence-corrected chi connectivity index (χ2v) is 6.25. The van der Waals surface area contributed by atoms with Gasteiger partial charge in [-0.25, -0.2) is 0 Å². The van der Waals surface area contributed by atoms with E-state index in [1.165, 1.54) is 50.3 Å². The summed E-state index contributed by atoms with van der Waals surface area (Å²) in [7, 11) is 1.80. The second-order valence-electron chi connectivity index (χ2n) is 5.10. The number of hydrogen-bond acceptors (Lipinski definition) is 3. The highest BCUT2D eigenvalue weighted by molar-refractivity contribution is 7.99. The lowest BCUT2D eigenvalue weighted by Crippen LogP contribution is -2.29. The van der Waals surface area contributed by atoms with E-state index in [4.69, 9.17) is 4.74 Å². The van der Waals surface area contributed by atoms with Gasteiger partial charge in [0.1, 0.15) is 0 Å². The van der Waals surface area contributed by atoms with Gasteiger partial charge in [-0.1, -0.05) is 0 Å². The van der Waals surface area contributed by atoms with Crippen LogP contribution in [0.2, 0.25) is 0 Å². The monoisotopic (exact) mass is 229 g/mol. The predicted octanol–water partition coefficient (Wildman–Crippen LogP) is 2.15. The van der Waals surface area contributed by atoms with E-state index >= 15 is 0 Å². The number of rotatable bonds is 7. The molecule has 1 atom stereocenters. The van der Waals surface area contributed by atoms with Gasteiger partial charge in [0, 0.05) is 20.3 Å². The molecule has 1 saturated heterocycles. The van der Waals surface area contributed by atoms with Crippen molar-refractivity contribution in [3.63, 3.8) is 0 Å². The maximum absolute atomic E-state index is 5.17. The van der Waals surface area contributed by atoms with Gasteiger partial charge in [0.2, 0.25) is 0 Å². The van der Waals surface area contributed by atoms with Crippen LogP contribution in [0.15, 0.2) is 0 Å². The van der Waals surface area contributed by atoms with E-state index in [0.29, 0.717) is 5.41 Å². The summed E-state index contributed by atoms with van der Waals surface area (Å²) in [6.45, 7) is 3.39. The molecule has 1 unspecified atom stereocenters. The number of ether oxygens (including phenoxy) is 1. The van der Waals surface area contributed by atoms with Gasteiger partial charge in [-0.15, -0.1) is 0 Å². The van der Waals surface area contributed by atoms with E-state index < -0.39 is 0 Å². The van der Waals surface area contributed by atoms with Crippen LogP contribution in [0.5, 0.6) is 0 Å². The molecule has 0 radical (unpaired) electrons. The molecule has 0 aromatic heterocycles. The molecule has 0 spiro atoms. The smallest absolute Gasteiger partial charge is 0.0468 e. The Balaban J connectivity index is 1.56. The zero-order valence-electron chi connectivity index (χ0n) is 9.76. The summed E-state index contributed by atoms with van der Waals surface area (Å²) >= 11 is 2.11. The molecule has 1 N–H and O–H groups in total. The van der Waals surface area contributed by atoms with Crippen molar-refractivity contribution in [1.29, 1.82) is 0 Å². The first-order valence-corrected chi connectivity index (χ1v) is 7.28. The van der Waals surface area contributed by atoms with Crippen molar-refractivity contribution in [2.75, 3.05) is 38.3 Å². The molecule has 3 heteroatoms. The molecule has 0 aromatic carbocycles. The molecule has 2 nitrogen and oxygen atoms in total. The Bertz CT molecular complexity index is 188. The van der Waals surface area contributed by atoms with Crippen LogP contribution in [0.4, 0.5) is 0 Å². The number of methoxy groups -OCH3 is 1. The minimum Gasteiger partial charge on any atom is -0.385 e. The van der Waals surface area contributed by atoms with Crippen molar-refractivity contribution in [2.45, 2.75) is 25.7 Å². The first-order chi connectivity index (χ1) is 7.35. The summed E-state index contributed by atoms with van der Waals surface area (Å²) in [4.78, 5) is 0. The van der Waals surface area contributed by atoms with Crippen molar-refractivity contribution in [3.8, 4) is 0 Å². The number of thioether (sulfide) groups is 1. The summed E-state index contributed by atoms with van der Waals surface area (Å²) in [5.74, 6) is 3.69. The van der Waals surface area contributed by atoms with E-state index in [-0.39, 0.29) is 0 Å². The van der Waals surface area contributed by atoms with Crippen molar-refractivity contribution in [3.05, 3.63) is 0 Å². The van der Waals surface area contributed by atoms with Crippen LogP contribution in [-0.2, 0) is 4.74 Å². The van der Waals surface area contributed by atoms with Crippen molar-refractivity contribution < 1.29 is 4.74 Å². The second kappa shape index (κ2) is 5.55. The normalized spacial score (nSPS) is 28.2. The van der Waals surface area contributed by atoms with Crippen LogP contribution in [0, 0.1) is 11.3 Å². The number of hydrogen-bond donors (Lipinski definition) is 1. The minimum absolute atomic E-state index is 0.613. The standard InChI is InChI=1S/C12H23NOS/c1-14-6-5-12(3-4-12)10-13-8-11-2-7-15-9-11/h11,13H,2-10H2,1H3. The first kappa shape index (κ1) is 11.7. The Kier molecular flexibility index (Phi) is 4.35. The van der Waals surface area contributed by atoms with Gasteiger partial charge in [0.05, 0.1) is 0 Å². The summed E-state index contributed by atoms with van der Waals surface area (Å²) in [6.07, 6.45) is 5.48. The van der Waals surface area contributed by atoms with Crippen LogP contribution in [0.25, 0.3) is 0 Å². The van der Waals surface area contributed by atoms with Crippen LogP contribution in [0.3, 0.4) is 0 Å². The molecule has 2 fully saturated rings. The molecule has 1 saturated carbocycles. The summed E-state index contributed by atoms with van der Waals surface area (Å²) in [6, 6.07) is 0. The molecule has 1 heterocycles. The Morgan fingerprint density at radius 2 is 2.33 bits per heavy atom. The van der Waals surface area contributed by atoms with Gasteiger partial charge in [-0.2, -0.15) is 11.8 Å². The zero-order chi connectivity index (χ0) is 10.6. The van der Waals surface area contributed by atoms with Gasteiger partial charge < -0.3 is 10.1 Å². The Morgan fingerprint density at radius 1 is 1.47 bits per heavy atom. The maximum Gasteiger partial charge on any atom is 0.0468 e. The molecular weight excluding hydrogens is 206 g/mol. The Labute approximate surface area is 97.5 Å². The summed E-state index contributed by atoms with van der Waals surface area (Å²) in [5.41, 5.74) is 0.613. The largest absolute Gasteiger partial charge is 0.385 e. The van der Waals surface area contributed by atoms with E-state index in [1.807, 2.05) is 0 Å². The van der Waals surface area contributed by atoms with E-state index in [9.17, 15) is 0 Å². The molecule has 0 aromatic rings. The molecule has 0 bridgehead atoms. The molecule has 15 heavy (non-hydrogen) atoms. The summed E-state index contributed by atoms with van der Waals surface area (Å²) < 4.78 is 5.17. The Hall–Kier alpha value is 0.270. The van der Waals surface area contributed by atoms with Crippen LogP contribution < -0.4 is 5.32 Å². The van der Waals surface area contributed by atoms with Gasteiger partial charge >= 0.3 is 0 Å². The van der Waals surface area contributed by atoms with Crippen molar-refractivity contribution >= 4 is 11.8 Å². The molecule has 88 valence electrons. The highest BCUT2D eigenvalue weighted by atomic mass is 32.2.